The average molecular weight is 254 g/mol. The van der Waals surface area contributed by atoms with Crippen molar-refractivity contribution in [1.82, 2.24) is 0 Å². The van der Waals surface area contributed by atoms with E-state index in [0.717, 1.165) is 5.56 Å². The van der Waals surface area contributed by atoms with E-state index in [1.807, 2.05) is 51.1 Å². The van der Waals surface area contributed by atoms with Crippen molar-refractivity contribution in [3.8, 4) is 5.75 Å². The predicted octanol–water partition coefficient (Wildman–Crippen LogP) is 3.92. The zero-order valence-electron chi connectivity index (χ0n) is 11.5. The zero-order chi connectivity index (χ0) is 14.0. The van der Waals surface area contributed by atoms with E-state index in [1.54, 1.807) is 18.2 Å². The minimum absolute atomic E-state index is 0.00877. The fourth-order valence-corrected chi connectivity index (χ4v) is 2.10. The zero-order valence-corrected chi connectivity index (χ0v) is 11.5. The molecule has 98 valence electrons. The number of ketones is 1. The Morgan fingerprint density at radius 1 is 1.00 bits per heavy atom. The quantitative estimate of drug-likeness (QED) is 0.825. The molecular formula is C17H18O2. The number of phenols is 1. The van der Waals surface area contributed by atoms with Crippen molar-refractivity contribution in [2.24, 2.45) is 0 Å². The van der Waals surface area contributed by atoms with E-state index >= 15 is 0 Å². The van der Waals surface area contributed by atoms with Crippen LogP contribution in [-0.4, -0.2) is 10.9 Å². The van der Waals surface area contributed by atoms with Crippen LogP contribution >= 0.6 is 0 Å². The van der Waals surface area contributed by atoms with E-state index in [1.165, 1.54) is 0 Å². The van der Waals surface area contributed by atoms with Crippen LogP contribution in [0.25, 0.3) is 0 Å². The van der Waals surface area contributed by atoms with Crippen LogP contribution in [0.5, 0.6) is 5.75 Å². The first-order chi connectivity index (χ1) is 8.89. The molecule has 2 heteroatoms. The van der Waals surface area contributed by atoms with Gasteiger partial charge in [0.2, 0.25) is 0 Å². The maximum atomic E-state index is 12.5. The molecule has 2 nitrogen and oxygen atoms in total. The van der Waals surface area contributed by atoms with Gasteiger partial charge < -0.3 is 5.11 Å². The Morgan fingerprint density at radius 3 is 2.21 bits per heavy atom. The van der Waals surface area contributed by atoms with Gasteiger partial charge in [0.25, 0.3) is 0 Å². The second-order valence-electron chi connectivity index (χ2n) is 5.68. The van der Waals surface area contributed by atoms with Gasteiger partial charge in [-0.1, -0.05) is 51.1 Å². The summed E-state index contributed by atoms with van der Waals surface area (Å²) in [5.74, 6) is 0.181. The van der Waals surface area contributed by atoms with Gasteiger partial charge in [-0.2, -0.15) is 0 Å². The molecule has 0 saturated carbocycles. The highest BCUT2D eigenvalue weighted by atomic mass is 16.3. The van der Waals surface area contributed by atoms with Crippen molar-refractivity contribution >= 4 is 5.78 Å². The van der Waals surface area contributed by atoms with Crippen LogP contribution in [-0.2, 0) is 5.41 Å². The molecule has 0 aliphatic heterocycles. The molecule has 2 aromatic rings. The number of hydrogen-bond donors (Lipinski definition) is 1. The largest absolute Gasteiger partial charge is 0.508 e. The second-order valence-corrected chi connectivity index (χ2v) is 5.68. The van der Waals surface area contributed by atoms with Crippen LogP contribution in [0, 0.1) is 0 Å². The molecule has 0 heterocycles. The van der Waals surface area contributed by atoms with Crippen molar-refractivity contribution < 1.29 is 9.90 Å². The summed E-state index contributed by atoms with van der Waals surface area (Å²) >= 11 is 0. The van der Waals surface area contributed by atoms with Gasteiger partial charge in [0.15, 0.2) is 5.78 Å². The molecule has 0 bridgehead atoms. The third-order valence-corrected chi connectivity index (χ3v) is 3.09. The topological polar surface area (TPSA) is 37.3 Å². The third-order valence-electron chi connectivity index (χ3n) is 3.09. The summed E-state index contributed by atoms with van der Waals surface area (Å²) < 4.78 is 0. The maximum Gasteiger partial charge on any atom is 0.193 e. The Kier molecular flexibility index (Phi) is 3.43. The smallest absolute Gasteiger partial charge is 0.193 e. The number of benzene rings is 2. The number of carbonyl (C=O) groups is 1. The summed E-state index contributed by atoms with van der Waals surface area (Å²) in [7, 11) is 0. The van der Waals surface area contributed by atoms with Crippen LogP contribution in [0.3, 0.4) is 0 Å². The molecule has 19 heavy (non-hydrogen) atoms. The summed E-state index contributed by atoms with van der Waals surface area (Å²) in [6, 6.07) is 14.1. The van der Waals surface area contributed by atoms with Crippen LogP contribution in [0.15, 0.2) is 48.5 Å². The second kappa shape index (κ2) is 4.88. The van der Waals surface area contributed by atoms with E-state index in [0.29, 0.717) is 11.1 Å². The molecule has 2 rings (SSSR count). The minimum atomic E-state index is -0.196. The summed E-state index contributed by atoms with van der Waals surface area (Å²) in [4.78, 5) is 12.5. The lowest BCUT2D eigenvalue weighted by Crippen LogP contribution is -2.17. The van der Waals surface area contributed by atoms with E-state index in [9.17, 15) is 9.90 Å². The summed E-state index contributed by atoms with van der Waals surface area (Å²) in [6.45, 7) is 6.09. The molecule has 0 unspecified atom stereocenters. The van der Waals surface area contributed by atoms with Crippen molar-refractivity contribution in [1.29, 1.82) is 0 Å². The van der Waals surface area contributed by atoms with Crippen LogP contribution < -0.4 is 0 Å². The van der Waals surface area contributed by atoms with Gasteiger partial charge in [0.05, 0.1) is 0 Å². The predicted molar refractivity (Wildman–Crippen MR) is 76.7 cm³/mol. The van der Waals surface area contributed by atoms with Crippen molar-refractivity contribution in [3.05, 3.63) is 65.2 Å². The van der Waals surface area contributed by atoms with Gasteiger partial charge in [0.1, 0.15) is 5.75 Å². The highest BCUT2D eigenvalue weighted by molar-refractivity contribution is 6.10. The number of rotatable bonds is 2. The Balaban J connectivity index is 2.54. The molecule has 0 amide bonds. The maximum absolute atomic E-state index is 12.5. The third kappa shape index (κ3) is 2.84. The highest BCUT2D eigenvalue weighted by Crippen LogP contribution is 2.30. The lowest BCUT2D eigenvalue weighted by molar-refractivity contribution is 0.103. The van der Waals surface area contributed by atoms with Crippen molar-refractivity contribution in [2.45, 2.75) is 26.2 Å². The monoisotopic (exact) mass is 254 g/mol. The van der Waals surface area contributed by atoms with Gasteiger partial charge in [-0.3, -0.25) is 4.79 Å². The SMILES string of the molecule is CC(C)(C)c1cc(O)ccc1C(=O)c1ccccc1. The Bertz CT molecular complexity index is 592. The van der Waals surface area contributed by atoms with Gasteiger partial charge in [-0.25, -0.2) is 0 Å². The highest BCUT2D eigenvalue weighted by Gasteiger charge is 2.22. The average Bonchev–Trinajstić information content (AvgIpc) is 2.38. The van der Waals surface area contributed by atoms with E-state index < -0.39 is 0 Å². The molecule has 2 aromatic carbocycles. The van der Waals surface area contributed by atoms with E-state index in [4.69, 9.17) is 0 Å². The number of carbonyl (C=O) groups excluding carboxylic acids is 1. The first-order valence-electron chi connectivity index (χ1n) is 6.33. The fraction of sp³-hybridized carbons (Fsp3) is 0.235. The summed E-state index contributed by atoms with van der Waals surface area (Å²) in [5, 5.41) is 9.64. The number of aromatic hydroxyl groups is 1. The van der Waals surface area contributed by atoms with E-state index in [2.05, 4.69) is 0 Å². The van der Waals surface area contributed by atoms with Gasteiger partial charge in [-0.15, -0.1) is 0 Å². The normalized spacial score (nSPS) is 11.3. The molecule has 0 fully saturated rings. The number of hydrogen-bond acceptors (Lipinski definition) is 2. The van der Waals surface area contributed by atoms with Crippen LogP contribution in [0.2, 0.25) is 0 Å². The summed E-state index contributed by atoms with van der Waals surface area (Å²) in [5.41, 5.74) is 1.98. The molecule has 0 saturated heterocycles. The molecule has 0 aliphatic rings. The van der Waals surface area contributed by atoms with Crippen molar-refractivity contribution in [2.75, 3.05) is 0 Å². The fourth-order valence-electron chi connectivity index (χ4n) is 2.10. The van der Waals surface area contributed by atoms with Crippen molar-refractivity contribution in [3.63, 3.8) is 0 Å². The first-order valence-corrected chi connectivity index (χ1v) is 6.33. The van der Waals surface area contributed by atoms with Gasteiger partial charge >= 0.3 is 0 Å². The Morgan fingerprint density at radius 2 is 1.63 bits per heavy atom. The van der Waals surface area contributed by atoms with Gasteiger partial charge in [-0.05, 0) is 29.2 Å². The Labute approximate surface area is 113 Å². The van der Waals surface area contributed by atoms with Gasteiger partial charge in [0, 0.05) is 11.1 Å². The molecule has 0 aromatic heterocycles. The lowest BCUT2D eigenvalue weighted by Gasteiger charge is -2.22. The Hall–Kier alpha value is -2.09. The molecule has 0 aliphatic carbocycles. The molecule has 1 N–H and O–H groups in total. The number of phenolic OH excluding ortho intramolecular Hbond substituents is 1. The lowest BCUT2D eigenvalue weighted by atomic mass is 9.81. The van der Waals surface area contributed by atoms with Crippen LogP contribution in [0.4, 0.5) is 0 Å². The first kappa shape index (κ1) is 13.3. The molecule has 0 spiro atoms. The minimum Gasteiger partial charge on any atom is -0.508 e. The molecule has 0 radical (unpaired) electrons. The standard InChI is InChI=1S/C17H18O2/c1-17(2,3)15-11-13(18)9-10-14(15)16(19)12-7-5-4-6-8-12/h4-11,18H,1-3H3. The summed E-state index contributed by atoms with van der Waals surface area (Å²) in [6.07, 6.45) is 0. The molecule has 0 atom stereocenters. The molecular weight excluding hydrogens is 236 g/mol. The van der Waals surface area contributed by atoms with Crippen LogP contribution in [0.1, 0.15) is 42.3 Å². The van der Waals surface area contributed by atoms with E-state index in [-0.39, 0.29) is 16.9 Å².